The summed E-state index contributed by atoms with van der Waals surface area (Å²) in [4.78, 5) is 9.06. The number of anilines is 1. The number of hydrogen-bond donors (Lipinski definition) is 3. The van der Waals surface area contributed by atoms with E-state index in [2.05, 4.69) is 15.3 Å². The Balaban J connectivity index is 1.89. The van der Waals surface area contributed by atoms with Crippen molar-refractivity contribution in [3.05, 3.63) is 83.2 Å². The minimum atomic E-state index is -0.444. The maximum atomic E-state index is 11.1. The molecule has 152 valence electrons. The SMILES string of the molecule is COc1cc([C@H](Nc2cccc(C)n2)c2ccc3ccc(C)nc3c2O)ccc1O. The summed E-state index contributed by atoms with van der Waals surface area (Å²) in [5.74, 6) is 1.18. The molecule has 3 N–H and O–H groups in total. The number of aromatic nitrogens is 2. The first kappa shape index (κ1) is 19.5. The number of hydrogen-bond acceptors (Lipinski definition) is 6. The van der Waals surface area contributed by atoms with Gasteiger partial charge in [0.15, 0.2) is 11.5 Å². The quantitative estimate of drug-likeness (QED) is 0.442. The molecule has 2 aromatic heterocycles. The van der Waals surface area contributed by atoms with E-state index >= 15 is 0 Å². The Morgan fingerprint density at radius 1 is 0.900 bits per heavy atom. The number of methoxy groups -OCH3 is 1. The highest BCUT2D eigenvalue weighted by atomic mass is 16.5. The molecular formula is C24H23N3O3. The van der Waals surface area contributed by atoms with E-state index in [1.807, 2.05) is 56.3 Å². The fourth-order valence-corrected chi connectivity index (χ4v) is 3.51. The monoisotopic (exact) mass is 401 g/mol. The predicted octanol–water partition coefficient (Wildman–Crippen LogP) is 4.87. The highest BCUT2D eigenvalue weighted by molar-refractivity contribution is 5.86. The van der Waals surface area contributed by atoms with E-state index in [1.54, 1.807) is 18.2 Å². The Labute approximate surface area is 174 Å². The number of phenolic OH excluding ortho intramolecular Hbond substituents is 2. The van der Waals surface area contributed by atoms with Crippen LogP contribution in [-0.4, -0.2) is 27.3 Å². The van der Waals surface area contributed by atoms with Crippen molar-refractivity contribution in [1.29, 1.82) is 0 Å². The molecule has 2 aromatic carbocycles. The first-order valence-corrected chi connectivity index (χ1v) is 9.62. The third-order valence-corrected chi connectivity index (χ3v) is 5.03. The van der Waals surface area contributed by atoms with Crippen molar-refractivity contribution < 1.29 is 14.9 Å². The summed E-state index contributed by atoms with van der Waals surface area (Å²) >= 11 is 0. The molecule has 0 unspecified atom stereocenters. The molecule has 0 fully saturated rings. The van der Waals surface area contributed by atoms with Crippen LogP contribution in [0.2, 0.25) is 0 Å². The Kier molecular flexibility index (Phi) is 5.14. The third-order valence-electron chi connectivity index (χ3n) is 5.03. The first-order valence-electron chi connectivity index (χ1n) is 9.62. The second-order valence-electron chi connectivity index (χ2n) is 7.20. The topological polar surface area (TPSA) is 87.5 Å². The van der Waals surface area contributed by atoms with Crippen LogP contribution < -0.4 is 10.1 Å². The molecule has 0 saturated heterocycles. The molecule has 0 aliphatic rings. The standard InChI is InChI=1S/C24H23N3O3/c1-14-5-4-6-21(25-14)27-22(17-10-12-19(28)20(13-17)30-3)18-11-9-16-8-7-15(2)26-23(16)24(18)29/h4-13,22,28-29H,1-3H3,(H,25,27)/t22-/m0/s1. The summed E-state index contributed by atoms with van der Waals surface area (Å²) in [6.45, 7) is 3.81. The highest BCUT2D eigenvalue weighted by Gasteiger charge is 2.22. The summed E-state index contributed by atoms with van der Waals surface area (Å²) in [7, 11) is 1.50. The summed E-state index contributed by atoms with van der Waals surface area (Å²) in [6.07, 6.45) is 0. The van der Waals surface area contributed by atoms with Crippen molar-refractivity contribution in [2.24, 2.45) is 0 Å². The fraction of sp³-hybridized carbons (Fsp3) is 0.167. The van der Waals surface area contributed by atoms with Gasteiger partial charge in [-0.1, -0.05) is 30.3 Å². The Bertz CT molecular complexity index is 1220. The van der Waals surface area contributed by atoms with Gasteiger partial charge in [0.05, 0.1) is 13.2 Å². The van der Waals surface area contributed by atoms with Crippen LogP contribution in [0.1, 0.15) is 28.6 Å². The van der Waals surface area contributed by atoms with Crippen LogP contribution in [-0.2, 0) is 0 Å². The van der Waals surface area contributed by atoms with Gasteiger partial charge in [-0.15, -0.1) is 0 Å². The largest absolute Gasteiger partial charge is 0.505 e. The van der Waals surface area contributed by atoms with Crippen LogP contribution in [0.5, 0.6) is 17.2 Å². The van der Waals surface area contributed by atoms with E-state index in [4.69, 9.17) is 4.74 Å². The van der Waals surface area contributed by atoms with E-state index in [0.717, 1.165) is 22.3 Å². The van der Waals surface area contributed by atoms with Gasteiger partial charge in [0, 0.05) is 22.3 Å². The zero-order chi connectivity index (χ0) is 21.3. The molecule has 1 atom stereocenters. The Hall–Kier alpha value is -3.80. The molecule has 4 rings (SSSR count). The molecule has 0 amide bonds. The molecule has 6 heteroatoms. The van der Waals surface area contributed by atoms with Gasteiger partial charge >= 0.3 is 0 Å². The molecule has 6 nitrogen and oxygen atoms in total. The van der Waals surface area contributed by atoms with Crippen molar-refractivity contribution in [1.82, 2.24) is 9.97 Å². The summed E-state index contributed by atoms with van der Waals surface area (Å²) < 4.78 is 5.29. The van der Waals surface area contributed by atoms with Gasteiger partial charge in [0.1, 0.15) is 17.1 Å². The maximum Gasteiger partial charge on any atom is 0.160 e. The summed E-state index contributed by atoms with van der Waals surface area (Å²) in [5, 5.41) is 25.4. The smallest absolute Gasteiger partial charge is 0.160 e. The van der Waals surface area contributed by atoms with Crippen LogP contribution in [0.15, 0.2) is 60.7 Å². The lowest BCUT2D eigenvalue weighted by atomic mass is 9.95. The average Bonchev–Trinajstić information content (AvgIpc) is 2.74. The van der Waals surface area contributed by atoms with Gasteiger partial charge in [0.2, 0.25) is 0 Å². The van der Waals surface area contributed by atoms with Crippen molar-refractivity contribution in [2.45, 2.75) is 19.9 Å². The zero-order valence-electron chi connectivity index (χ0n) is 17.0. The number of fused-ring (bicyclic) bond motifs is 1. The Morgan fingerprint density at radius 3 is 2.43 bits per heavy atom. The van der Waals surface area contributed by atoms with E-state index in [0.29, 0.717) is 22.6 Å². The average molecular weight is 401 g/mol. The van der Waals surface area contributed by atoms with E-state index in [1.165, 1.54) is 7.11 Å². The Morgan fingerprint density at radius 2 is 1.67 bits per heavy atom. The van der Waals surface area contributed by atoms with Crippen LogP contribution in [0.25, 0.3) is 10.9 Å². The third kappa shape index (κ3) is 3.72. The number of phenols is 2. The van der Waals surface area contributed by atoms with Crippen molar-refractivity contribution in [2.75, 3.05) is 12.4 Å². The molecule has 0 saturated carbocycles. The van der Waals surface area contributed by atoms with Gasteiger partial charge in [-0.05, 0) is 49.7 Å². The molecular weight excluding hydrogens is 378 g/mol. The minimum Gasteiger partial charge on any atom is -0.505 e. The number of nitrogens with zero attached hydrogens (tertiary/aromatic N) is 2. The van der Waals surface area contributed by atoms with Crippen molar-refractivity contribution in [3.8, 4) is 17.2 Å². The highest BCUT2D eigenvalue weighted by Crippen LogP contribution is 2.38. The molecule has 0 aliphatic heterocycles. The summed E-state index contributed by atoms with van der Waals surface area (Å²) in [5.41, 5.74) is 3.70. The van der Waals surface area contributed by atoms with E-state index in [-0.39, 0.29) is 11.5 Å². The van der Waals surface area contributed by atoms with Gasteiger partial charge < -0.3 is 20.3 Å². The van der Waals surface area contributed by atoms with Crippen molar-refractivity contribution in [3.63, 3.8) is 0 Å². The first-order chi connectivity index (χ1) is 14.5. The molecule has 0 spiro atoms. The lowest BCUT2D eigenvalue weighted by Crippen LogP contribution is -2.14. The van der Waals surface area contributed by atoms with E-state index in [9.17, 15) is 10.2 Å². The number of aryl methyl sites for hydroxylation is 2. The molecule has 30 heavy (non-hydrogen) atoms. The number of benzene rings is 2. The van der Waals surface area contributed by atoms with Crippen LogP contribution in [0.4, 0.5) is 5.82 Å². The predicted molar refractivity (Wildman–Crippen MR) is 117 cm³/mol. The summed E-state index contributed by atoms with van der Waals surface area (Å²) in [6, 6.07) is 18.1. The number of pyridine rings is 2. The zero-order valence-corrected chi connectivity index (χ0v) is 17.0. The van der Waals surface area contributed by atoms with Crippen LogP contribution in [0.3, 0.4) is 0 Å². The lowest BCUT2D eigenvalue weighted by molar-refractivity contribution is 0.373. The van der Waals surface area contributed by atoms with Gasteiger partial charge in [-0.3, -0.25) is 0 Å². The van der Waals surface area contributed by atoms with Gasteiger partial charge in [-0.25, -0.2) is 9.97 Å². The van der Waals surface area contributed by atoms with E-state index < -0.39 is 6.04 Å². The van der Waals surface area contributed by atoms with Crippen molar-refractivity contribution >= 4 is 16.7 Å². The van der Waals surface area contributed by atoms with Crippen LogP contribution in [0, 0.1) is 13.8 Å². The second-order valence-corrected chi connectivity index (χ2v) is 7.20. The fourth-order valence-electron chi connectivity index (χ4n) is 3.51. The number of ether oxygens (including phenoxy) is 1. The normalized spacial score (nSPS) is 12.0. The number of rotatable bonds is 5. The van der Waals surface area contributed by atoms with Crippen LogP contribution >= 0.6 is 0 Å². The number of nitrogens with one attached hydrogen (secondary N) is 1. The van der Waals surface area contributed by atoms with Gasteiger partial charge in [-0.2, -0.15) is 0 Å². The molecule has 2 heterocycles. The second kappa shape index (κ2) is 7.91. The molecule has 0 radical (unpaired) electrons. The molecule has 0 aliphatic carbocycles. The molecule has 4 aromatic rings. The number of aromatic hydroxyl groups is 2. The molecule has 0 bridgehead atoms. The minimum absolute atomic E-state index is 0.0497. The lowest BCUT2D eigenvalue weighted by Gasteiger charge is -2.23. The maximum absolute atomic E-state index is 11.1. The van der Waals surface area contributed by atoms with Gasteiger partial charge in [0.25, 0.3) is 0 Å².